The Morgan fingerprint density at radius 3 is 2.18 bits per heavy atom. The van der Waals surface area contributed by atoms with Gasteiger partial charge in [0.25, 0.3) is 5.91 Å². The average molecular weight is 465 g/mol. The van der Waals surface area contributed by atoms with Crippen LogP contribution in [0, 0.1) is 5.82 Å². The number of methoxy groups -OCH3 is 3. The molecule has 0 aliphatic carbocycles. The van der Waals surface area contributed by atoms with Crippen LogP contribution in [-0.4, -0.2) is 38.1 Å². The number of aliphatic hydroxyl groups is 1. The summed E-state index contributed by atoms with van der Waals surface area (Å²) in [5.41, 5.74) is -0.344. The third kappa shape index (κ3) is 3.97. The number of anilines is 1. The molecular weight excluding hydrogens is 441 g/mol. The third-order valence-electron chi connectivity index (χ3n) is 5.90. The summed E-state index contributed by atoms with van der Waals surface area (Å²) in [6.45, 7) is 0.122. The molecule has 0 spiro atoms. The Morgan fingerprint density at radius 2 is 1.59 bits per heavy atom. The number of amides is 1. The highest BCUT2D eigenvalue weighted by Gasteiger charge is 2.50. The summed E-state index contributed by atoms with van der Waals surface area (Å²) >= 11 is 0. The molecule has 0 aromatic heterocycles. The van der Waals surface area contributed by atoms with Crippen LogP contribution in [0.15, 0.2) is 60.7 Å². The van der Waals surface area contributed by atoms with Crippen molar-refractivity contribution in [1.29, 1.82) is 0 Å². The molecule has 0 radical (unpaired) electrons. The maximum absolute atomic E-state index is 13.4. The lowest BCUT2D eigenvalue weighted by atomic mass is 9.88. The second-order valence-corrected chi connectivity index (χ2v) is 7.91. The van der Waals surface area contributed by atoms with Crippen LogP contribution in [0.2, 0.25) is 0 Å². The molecule has 4 rings (SSSR count). The number of carbonyl (C=O) groups excluding carboxylic acids is 2. The Bertz CT molecular complexity index is 1220. The van der Waals surface area contributed by atoms with Crippen LogP contribution in [0.4, 0.5) is 10.1 Å². The first kappa shape index (κ1) is 23.3. The van der Waals surface area contributed by atoms with Crippen molar-refractivity contribution in [2.45, 2.75) is 18.6 Å². The van der Waals surface area contributed by atoms with E-state index in [0.29, 0.717) is 22.6 Å². The van der Waals surface area contributed by atoms with Gasteiger partial charge in [-0.15, -0.1) is 0 Å². The second kappa shape index (κ2) is 9.15. The zero-order valence-electron chi connectivity index (χ0n) is 19.0. The molecule has 3 aromatic rings. The number of hydrogen-bond acceptors (Lipinski definition) is 6. The Balaban J connectivity index is 1.68. The van der Waals surface area contributed by atoms with Gasteiger partial charge in [0.1, 0.15) is 5.82 Å². The fraction of sp³-hybridized carbons (Fsp3) is 0.231. The van der Waals surface area contributed by atoms with E-state index in [1.54, 1.807) is 36.4 Å². The standard InChI is InChI=1S/C26H24FNO6/c1-32-22-12-17(13-23(33-2)24(22)34-3)21(29)14-26(31)19-6-4-5-7-20(19)28(25(26)30)15-16-8-10-18(27)11-9-16/h4-13,31H,14-15H2,1-3H3/t26-/m0/s1. The molecule has 1 aliphatic heterocycles. The quantitative estimate of drug-likeness (QED) is 0.509. The van der Waals surface area contributed by atoms with E-state index in [1.165, 1.54) is 50.5 Å². The predicted octanol–water partition coefficient (Wildman–Crippen LogP) is 3.86. The number of ether oxygens (including phenoxy) is 3. The molecule has 0 unspecified atom stereocenters. The lowest BCUT2D eigenvalue weighted by molar-refractivity contribution is -0.136. The fourth-order valence-electron chi connectivity index (χ4n) is 4.18. The van der Waals surface area contributed by atoms with Crippen molar-refractivity contribution in [1.82, 2.24) is 0 Å². The Kier molecular flexibility index (Phi) is 6.26. The molecule has 1 heterocycles. The molecule has 0 fully saturated rings. The molecule has 0 saturated heterocycles. The maximum atomic E-state index is 13.4. The van der Waals surface area contributed by atoms with Gasteiger partial charge in [0, 0.05) is 11.1 Å². The zero-order valence-corrected chi connectivity index (χ0v) is 19.0. The number of hydrogen-bond donors (Lipinski definition) is 1. The molecule has 8 heteroatoms. The largest absolute Gasteiger partial charge is 0.493 e. The van der Waals surface area contributed by atoms with Crippen LogP contribution in [0.25, 0.3) is 0 Å². The third-order valence-corrected chi connectivity index (χ3v) is 5.90. The highest BCUT2D eigenvalue weighted by atomic mass is 19.1. The Labute approximate surface area is 196 Å². The van der Waals surface area contributed by atoms with Crippen molar-refractivity contribution < 1.29 is 33.3 Å². The number of nitrogens with zero attached hydrogens (tertiary/aromatic N) is 1. The molecule has 1 N–H and O–H groups in total. The summed E-state index contributed by atoms with van der Waals surface area (Å²) < 4.78 is 29.2. The minimum atomic E-state index is -2.06. The van der Waals surface area contributed by atoms with E-state index in [1.807, 2.05) is 0 Å². The number of benzene rings is 3. The maximum Gasteiger partial charge on any atom is 0.264 e. The van der Waals surface area contributed by atoms with E-state index in [0.717, 1.165) is 0 Å². The molecule has 1 aliphatic rings. The normalized spacial score (nSPS) is 16.9. The van der Waals surface area contributed by atoms with Crippen molar-refractivity contribution in [2.24, 2.45) is 0 Å². The van der Waals surface area contributed by atoms with Crippen molar-refractivity contribution in [2.75, 3.05) is 26.2 Å². The van der Waals surface area contributed by atoms with Crippen molar-refractivity contribution in [3.8, 4) is 17.2 Å². The van der Waals surface area contributed by atoms with Crippen LogP contribution >= 0.6 is 0 Å². The lowest BCUT2D eigenvalue weighted by Crippen LogP contribution is -2.41. The summed E-state index contributed by atoms with van der Waals surface area (Å²) in [6, 6.07) is 15.5. The Hall–Kier alpha value is -3.91. The van der Waals surface area contributed by atoms with Gasteiger partial charge in [0.15, 0.2) is 22.9 Å². The number of ketones is 1. The lowest BCUT2D eigenvalue weighted by Gasteiger charge is -2.23. The number of Topliss-reactive ketones (excluding diaryl/α,β-unsaturated/α-hetero) is 1. The van der Waals surface area contributed by atoms with Crippen molar-refractivity contribution in [3.05, 3.63) is 83.2 Å². The first-order valence-electron chi connectivity index (χ1n) is 10.5. The molecule has 34 heavy (non-hydrogen) atoms. The summed E-state index contributed by atoms with van der Waals surface area (Å²) in [6.07, 6.45) is -0.485. The monoisotopic (exact) mass is 465 g/mol. The van der Waals surface area contributed by atoms with Gasteiger partial charge in [-0.05, 0) is 35.9 Å². The minimum Gasteiger partial charge on any atom is -0.493 e. The van der Waals surface area contributed by atoms with Gasteiger partial charge in [-0.3, -0.25) is 9.59 Å². The highest BCUT2D eigenvalue weighted by Crippen LogP contribution is 2.44. The molecular formula is C26H24FNO6. The SMILES string of the molecule is COc1cc(C(=O)C[C@@]2(O)C(=O)N(Cc3ccc(F)cc3)c3ccccc32)cc(OC)c1OC. The molecule has 0 bridgehead atoms. The summed E-state index contributed by atoms with van der Waals surface area (Å²) in [7, 11) is 4.32. The molecule has 176 valence electrons. The molecule has 3 aromatic carbocycles. The van der Waals surface area contributed by atoms with Gasteiger partial charge in [-0.2, -0.15) is 0 Å². The van der Waals surface area contributed by atoms with Crippen molar-refractivity contribution in [3.63, 3.8) is 0 Å². The number of rotatable bonds is 8. The van der Waals surface area contributed by atoms with Crippen LogP contribution in [0.1, 0.15) is 27.9 Å². The Morgan fingerprint density at radius 1 is 0.971 bits per heavy atom. The number of fused-ring (bicyclic) bond motifs is 1. The molecule has 1 atom stereocenters. The van der Waals surface area contributed by atoms with Gasteiger partial charge in [-0.1, -0.05) is 30.3 Å². The summed E-state index contributed by atoms with van der Waals surface area (Å²) in [5.74, 6) is -0.591. The molecule has 0 saturated carbocycles. The topological polar surface area (TPSA) is 85.3 Å². The first-order valence-corrected chi connectivity index (χ1v) is 10.5. The van der Waals surface area contributed by atoms with Crippen molar-refractivity contribution >= 4 is 17.4 Å². The van der Waals surface area contributed by atoms with Gasteiger partial charge in [0.2, 0.25) is 5.75 Å². The smallest absolute Gasteiger partial charge is 0.264 e. The van der Waals surface area contributed by atoms with Crippen LogP contribution in [0.5, 0.6) is 17.2 Å². The highest BCUT2D eigenvalue weighted by molar-refractivity contribution is 6.10. The number of para-hydroxylation sites is 1. The zero-order chi connectivity index (χ0) is 24.5. The van der Waals surface area contributed by atoms with E-state index in [2.05, 4.69) is 0 Å². The molecule has 1 amide bonds. The average Bonchev–Trinajstić information content (AvgIpc) is 3.06. The second-order valence-electron chi connectivity index (χ2n) is 7.91. The number of carbonyl (C=O) groups is 2. The van der Waals surface area contributed by atoms with E-state index in [4.69, 9.17) is 14.2 Å². The van der Waals surface area contributed by atoms with Gasteiger partial charge >= 0.3 is 0 Å². The predicted molar refractivity (Wildman–Crippen MR) is 123 cm³/mol. The van der Waals surface area contributed by atoms with E-state index in [9.17, 15) is 19.1 Å². The van der Waals surface area contributed by atoms with Gasteiger partial charge < -0.3 is 24.2 Å². The fourth-order valence-corrected chi connectivity index (χ4v) is 4.18. The van der Waals surface area contributed by atoms with Gasteiger partial charge in [-0.25, -0.2) is 4.39 Å². The van der Waals surface area contributed by atoms with Crippen LogP contribution in [-0.2, 0) is 16.9 Å². The van der Waals surface area contributed by atoms with Crippen LogP contribution in [0.3, 0.4) is 0 Å². The van der Waals surface area contributed by atoms with Crippen LogP contribution < -0.4 is 19.1 Å². The van der Waals surface area contributed by atoms with Gasteiger partial charge in [0.05, 0.1) is 40.0 Å². The first-order chi connectivity index (χ1) is 16.3. The van der Waals surface area contributed by atoms with E-state index < -0.39 is 23.7 Å². The molecule has 7 nitrogen and oxygen atoms in total. The van der Waals surface area contributed by atoms with E-state index in [-0.39, 0.29) is 29.4 Å². The minimum absolute atomic E-state index is 0.122. The number of halogens is 1. The summed E-state index contributed by atoms with van der Waals surface area (Å²) in [4.78, 5) is 28.1. The van der Waals surface area contributed by atoms with E-state index >= 15 is 0 Å². The summed E-state index contributed by atoms with van der Waals surface area (Å²) in [5, 5.41) is 11.5.